The number of rotatable bonds is 4. The van der Waals surface area contributed by atoms with Gasteiger partial charge in [0.15, 0.2) is 9.84 Å². The van der Waals surface area contributed by atoms with Crippen LogP contribution in [0.3, 0.4) is 0 Å². The predicted octanol–water partition coefficient (Wildman–Crippen LogP) is 1.65. The van der Waals surface area contributed by atoms with E-state index in [0.29, 0.717) is 5.69 Å². The zero-order valence-electron chi connectivity index (χ0n) is 11.2. The summed E-state index contributed by atoms with van der Waals surface area (Å²) < 4.78 is 28.8. The number of hydrogen-bond donors (Lipinski definition) is 2. The van der Waals surface area contributed by atoms with E-state index in [-0.39, 0.29) is 22.7 Å². The van der Waals surface area contributed by atoms with Gasteiger partial charge in [0.25, 0.3) is 0 Å². The quantitative estimate of drug-likeness (QED) is 0.822. The molecular weight excluding hydrogens is 264 g/mol. The number of nitrogens with one attached hydrogen (secondary N) is 1. The van der Waals surface area contributed by atoms with Crippen LogP contribution in [0.15, 0.2) is 23.1 Å². The molecule has 106 valence electrons. The van der Waals surface area contributed by atoms with E-state index in [1.165, 1.54) is 6.07 Å². The Balaban J connectivity index is 2.21. The van der Waals surface area contributed by atoms with Gasteiger partial charge in [0.05, 0.1) is 22.4 Å². The summed E-state index contributed by atoms with van der Waals surface area (Å²) in [6.07, 6.45) is 3.39. The first-order chi connectivity index (χ1) is 8.89. The van der Waals surface area contributed by atoms with E-state index in [1.807, 2.05) is 6.92 Å². The summed E-state index contributed by atoms with van der Waals surface area (Å²) in [5.74, 6) is 0. The van der Waals surface area contributed by atoms with Gasteiger partial charge in [-0.15, -0.1) is 0 Å². The van der Waals surface area contributed by atoms with Crippen LogP contribution >= 0.6 is 0 Å². The largest absolute Gasteiger partial charge is 0.396 e. The molecule has 0 radical (unpaired) electrons. The van der Waals surface area contributed by atoms with Crippen LogP contribution in [0.4, 0.5) is 11.4 Å². The Kier molecular flexibility index (Phi) is 4.01. The van der Waals surface area contributed by atoms with Crippen LogP contribution in [-0.4, -0.2) is 33.4 Å². The summed E-state index contributed by atoms with van der Waals surface area (Å²) in [6.45, 7) is 2.80. The average Bonchev–Trinajstić information content (AvgIpc) is 2.83. The molecule has 2 unspecified atom stereocenters. The lowest BCUT2D eigenvalue weighted by molar-refractivity contribution is 0.0997. The van der Waals surface area contributed by atoms with Crippen LogP contribution in [0, 0.1) is 0 Å². The normalized spacial score (nSPS) is 21.3. The molecule has 1 saturated heterocycles. The minimum Gasteiger partial charge on any atom is -0.396 e. The van der Waals surface area contributed by atoms with Crippen molar-refractivity contribution in [1.29, 1.82) is 0 Å². The van der Waals surface area contributed by atoms with Crippen molar-refractivity contribution in [3.05, 3.63) is 18.2 Å². The molecule has 0 aromatic heterocycles. The van der Waals surface area contributed by atoms with E-state index in [0.717, 1.165) is 25.7 Å². The SMILES string of the molecule is CC(Nc1cccc(S(C)(=O)=O)c1N)C1CCCO1. The molecule has 5 nitrogen and oxygen atoms in total. The molecule has 0 spiro atoms. The highest BCUT2D eigenvalue weighted by Crippen LogP contribution is 2.28. The number of nitrogen functional groups attached to an aromatic ring is 1. The van der Waals surface area contributed by atoms with Crippen LogP contribution in [0.5, 0.6) is 0 Å². The third-order valence-corrected chi connectivity index (χ3v) is 4.53. The fraction of sp³-hybridized carbons (Fsp3) is 0.538. The van der Waals surface area contributed by atoms with Crippen molar-refractivity contribution in [2.75, 3.05) is 23.9 Å². The second-order valence-electron chi connectivity index (χ2n) is 4.97. The summed E-state index contributed by atoms with van der Waals surface area (Å²) >= 11 is 0. The van der Waals surface area contributed by atoms with Crippen molar-refractivity contribution in [3.63, 3.8) is 0 Å². The van der Waals surface area contributed by atoms with Gasteiger partial charge in [-0.25, -0.2) is 8.42 Å². The number of para-hydroxylation sites is 1. The molecule has 2 atom stereocenters. The Labute approximate surface area is 114 Å². The smallest absolute Gasteiger partial charge is 0.177 e. The van der Waals surface area contributed by atoms with Crippen LogP contribution in [0.1, 0.15) is 19.8 Å². The van der Waals surface area contributed by atoms with Gasteiger partial charge < -0.3 is 15.8 Å². The molecule has 3 N–H and O–H groups in total. The Morgan fingerprint density at radius 3 is 2.79 bits per heavy atom. The van der Waals surface area contributed by atoms with Gasteiger partial charge in [0.2, 0.25) is 0 Å². The number of sulfone groups is 1. The first kappa shape index (κ1) is 14.1. The third kappa shape index (κ3) is 3.19. The molecule has 0 saturated carbocycles. The van der Waals surface area contributed by atoms with Gasteiger partial charge in [0, 0.05) is 18.9 Å². The molecular formula is C13H20N2O3S. The lowest BCUT2D eigenvalue weighted by atomic mass is 10.1. The predicted molar refractivity (Wildman–Crippen MR) is 76.0 cm³/mol. The summed E-state index contributed by atoms with van der Waals surface area (Å²) in [6, 6.07) is 5.10. The summed E-state index contributed by atoms with van der Waals surface area (Å²) in [5, 5.41) is 3.25. The number of nitrogens with two attached hydrogens (primary N) is 1. The van der Waals surface area contributed by atoms with Crippen molar-refractivity contribution in [1.82, 2.24) is 0 Å². The number of benzene rings is 1. The highest BCUT2D eigenvalue weighted by molar-refractivity contribution is 7.90. The maximum atomic E-state index is 11.6. The zero-order valence-corrected chi connectivity index (χ0v) is 12.0. The molecule has 0 bridgehead atoms. The lowest BCUT2D eigenvalue weighted by Gasteiger charge is -2.22. The fourth-order valence-electron chi connectivity index (χ4n) is 2.33. The van der Waals surface area contributed by atoms with Gasteiger partial charge in [-0.05, 0) is 31.9 Å². The summed E-state index contributed by atoms with van der Waals surface area (Å²) in [4.78, 5) is 0.164. The molecule has 1 aliphatic rings. The Morgan fingerprint density at radius 1 is 1.47 bits per heavy atom. The summed E-state index contributed by atoms with van der Waals surface area (Å²) in [5.41, 5.74) is 6.85. The number of anilines is 2. The van der Waals surface area contributed by atoms with Crippen LogP contribution in [0.2, 0.25) is 0 Å². The van der Waals surface area contributed by atoms with E-state index in [9.17, 15) is 8.42 Å². The van der Waals surface area contributed by atoms with Crippen LogP contribution < -0.4 is 11.1 Å². The van der Waals surface area contributed by atoms with Gasteiger partial charge in [-0.2, -0.15) is 0 Å². The average molecular weight is 284 g/mol. The molecule has 1 aliphatic heterocycles. The highest BCUT2D eigenvalue weighted by Gasteiger charge is 2.23. The minimum atomic E-state index is -3.31. The molecule has 6 heteroatoms. The molecule has 19 heavy (non-hydrogen) atoms. The van der Waals surface area contributed by atoms with Crippen molar-refractivity contribution >= 4 is 21.2 Å². The minimum absolute atomic E-state index is 0.0969. The second kappa shape index (κ2) is 5.38. The fourth-order valence-corrected chi connectivity index (χ4v) is 3.16. The van der Waals surface area contributed by atoms with Gasteiger partial charge in [-0.1, -0.05) is 6.07 Å². The molecule has 1 aromatic carbocycles. The van der Waals surface area contributed by atoms with Crippen molar-refractivity contribution in [3.8, 4) is 0 Å². The monoisotopic (exact) mass is 284 g/mol. The van der Waals surface area contributed by atoms with E-state index in [2.05, 4.69) is 5.32 Å². The van der Waals surface area contributed by atoms with Crippen molar-refractivity contribution in [2.45, 2.75) is 36.8 Å². The topological polar surface area (TPSA) is 81.4 Å². The third-order valence-electron chi connectivity index (χ3n) is 3.37. The summed E-state index contributed by atoms with van der Waals surface area (Å²) in [7, 11) is -3.31. The molecule has 1 aromatic rings. The molecule has 1 heterocycles. The van der Waals surface area contributed by atoms with Gasteiger partial charge in [-0.3, -0.25) is 0 Å². The molecule has 0 amide bonds. The Morgan fingerprint density at radius 2 is 2.21 bits per heavy atom. The maximum Gasteiger partial charge on any atom is 0.177 e. The zero-order chi connectivity index (χ0) is 14.0. The lowest BCUT2D eigenvalue weighted by Crippen LogP contribution is -2.30. The number of ether oxygens (including phenoxy) is 1. The Bertz CT molecular complexity index is 551. The number of hydrogen-bond acceptors (Lipinski definition) is 5. The van der Waals surface area contributed by atoms with E-state index >= 15 is 0 Å². The van der Waals surface area contributed by atoms with Crippen LogP contribution in [-0.2, 0) is 14.6 Å². The van der Waals surface area contributed by atoms with Crippen LogP contribution in [0.25, 0.3) is 0 Å². The Hall–Kier alpha value is -1.27. The second-order valence-corrected chi connectivity index (χ2v) is 6.96. The van der Waals surface area contributed by atoms with Crippen molar-refractivity contribution in [2.24, 2.45) is 0 Å². The van der Waals surface area contributed by atoms with Gasteiger partial charge in [0.1, 0.15) is 0 Å². The molecule has 1 fully saturated rings. The first-order valence-corrected chi connectivity index (χ1v) is 8.25. The standard InChI is InChI=1S/C13H20N2O3S/c1-9(11-6-4-8-18-11)15-10-5-3-7-12(13(10)14)19(2,16)17/h3,5,7,9,11,15H,4,6,8,14H2,1-2H3. The van der Waals surface area contributed by atoms with E-state index < -0.39 is 9.84 Å². The maximum absolute atomic E-state index is 11.6. The van der Waals surface area contributed by atoms with E-state index in [1.54, 1.807) is 12.1 Å². The molecule has 0 aliphatic carbocycles. The molecule has 2 rings (SSSR count). The van der Waals surface area contributed by atoms with E-state index in [4.69, 9.17) is 10.5 Å². The first-order valence-electron chi connectivity index (χ1n) is 6.36. The van der Waals surface area contributed by atoms with Gasteiger partial charge >= 0.3 is 0 Å². The highest BCUT2D eigenvalue weighted by atomic mass is 32.2. The van der Waals surface area contributed by atoms with Crippen molar-refractivity contribution < 1.29 is 13.2 Å².